The quantitative estimate of drug-likeness (QED) is 0.674. The van der Waals surface area contributed by atoms with Crippen molar-refractivity contribution in [2.45, 2.75) is 36.7 Å². The average molecular weight is 456 g/mol. The van der Waals surface area contributed by atoms with Crippen LogP contribution >= 0.6 is 0 Å². The number of amides is 1. The lowest BCUT2D eigenvalue weighted by Gasteiger charge is -2.30. The summed E-state index contributed by atoms with van der Waals surface area (Å²) in [7, 11) is -3.63. The molecule has 4 rings (SSSR count). The van der Waals surface area contributed by atoms with E-state index >= 15 is 0 Å². The van der Waals surface area contributed by atoms with Crippen LogP contribution in [0, 0.1) is 0 Å². The number of piperidine rings is 1. The Labute approximate surface area is 187 Å². The second-order valence-corrected chi connectivity index (χ2v) is 9.40. The van der Waals surface area contributed by atoms with E-state index in [2.05, 4.69) is 9.71 Å². The van der Waals surface area contributed by atoms with E-state index in [0.29, 0.717) is 24.2 Å². The van der Waals surface area contributed by atoms with Gasteiger partial charge >= 0.3 is 5.97 Å². The Kier molecular flexibility index (Phi) is 6.55. The van der Waals surface area contributed by atoms with Crippen LogP contribution in [0.1, 0.15) is 42.9 Å². The van der Waals surface area contributed by atoms with Gasteiger partial charge in [-0.1, -0.05) is 42.5 Å². The van der Waals surface area contributed by atoms with Crippen molar-refractivity contribution in [1.29, 1.82) is 0 Å². The number of fused-ring (bicyclic) bond motifs is 1. The molecule has 32 heavy (non-hydrogen) atoms. The molecule has 0 saturated carbocycles. The molecule has 1 fully saturated rings. The molecule has 9 heteroatoms. The Balaban J connectivity index is 1.43. The number of nitrogens with zero attached hydrogens (tertiary/aromatic N) is 2. The summed E-state index contributed by atoms with van der Waals surface area (Å²) in [5.74, 6) is -0.576. The molecule has 1 unspecified atom stereocenters. The first-order chi connectivity index (χ1) is 15.5. The van der Waals surface area contributed by atoms with Crippen molar-refractivity contribution >= 4 is 27.7 Å². The molecule has 0 aromatic heterocycles. The fourth-order valence-corrected chi connectivity index (χ4v) is 5.12. The van der Waals surface area contributed by atoms with Gasteiger partial charge in [-0.15, -0.1) is 0 Å². The molecule has 1 saturated heterocycles. The Hall–Kier alpha value is -3.20. The highest BCUT2D eigenvalue weighted by Crippen LogP contribution is 2.24. The molecule has 1 amide bonds. The first-order valence-electron chi connectivity index (χ1n) is 10.7. The SMILES string of the molecule is O=C(CCN=C1NS(=O)(=O)c2ccccc21)OC(C(=O)N1CCCCC1)c1ccccc1. The molecule has 0 radical (unpaired) electrons. The van der Waals surface area contributed by atoms with Gasteiger partial charge in [0.05, 0.1) is 17.9 Å². The fraction of sp³-hybridized carbons (Fsp3) is 0.348. The summed E-state index contributed by atoms with van der Waals surface area (Å²) < 4.78 is 32.3. The number of likely N-dealkylation sites (tertiary alicyclic amines) is 1. The predicted molar refractivity (Wildman–Crippen MR) is 118 cm³/mol. The van der Waals surface area contributed by atoms with E-state index in [1.54, 1.807) is 47.4 Å². The van der Waals surface area contributed by atoms with E-state index in [0.717, 1.165) is 19.3 Å². The van der Waals surface area contributed by atoms with Crippen LogP contribution in [0.2, 0.25) is 0 Å². The van der Waals surface area contributed by atoms with Gasteiger partial charge in [0.1, 0.15) is 5.84 Å². The molecule has 0 spiro atoms. The third-order valence-electron chi connectivity index (χ3n) is 5.49. The second kappa shape index (κ2) is 9.52. The van der Waals surface area contributed by atoms with Crippen molar-refractivity contribution in [3.63, 3.8) is 0 Å². The summed E-state index contributed by atoms with van der Waals surface area (Å²) in [6.07, 6.45) is 1.89. The van der Waals surface area contributed by atoms with Crippen molar-refractivity contribution in [1.82, 2.24) is 9.62 Å². The number of rotatable bonds is 6. The number of aliphatic imine (C=N–C) groups is 1. The lowest BCUT2D eigenvalue weighted by molar-refractivity contribution is -0.161. The third kappa shape index (κ3) is 4.83. The minimum atomic E-state index is -3.63. The number of hydrogen-bond acceptors (Lipinski definition) is 6. The Bertz CT molecular complexity index is 1130. The maximum absolute atomic E-state index is 13.1. The van der Waals surface area contributed by atoms with Crippen LogP contribution in [0.4, 0.5) is 0 Å². The van der Waals surface area contributed by atoms with Crippen molar-refractivity contribution in [2.24, 2.45) is 4.99 Å². The lowest BCUT2D eigenvalue weighted by Crippen LogP contribution is -2.40. The zero-order valence-corrected chi connectivity index (χ0v) is 18.4. The molecule has 2 aliphatic rings. The number of benzene rings is 2. The Morgan fingerprint density at radius 2 is 1.69 bits per heavy atom. The highest BCUT2D eigenvalue weighted by molar-refractivity contribution is 7.90. The minimum Gasteiger partial charge on any atom is -0.447 e. The van der Waals surface area contributed by atoms with Gasteiger partial charge in [-0.2, -0.15) is 0 Å². The normalized spacial score (nSPS) is 19.1. The highest BCUT2D eigenvalue weighted by atomic mass is 32.2. The van der Waals surface area contributed by atoms with Crippen LogP contribution in [0.5, 0.6) is 0 Å². The zero-order valence-electron chi connectivity index (χ0n) is 17.6. The molecule has 2 aromatic carbocycles. The van der Waals surface area contributed by atoms with E-state index < -0.39 is 22.1 Å². The molecule has 8 nitrogen and oxygen atoms in total. The predicted octanol–water partition coefficient (Wildman–Crippen LogP) is 2.41. The van der Waals surface area contributed by atoms with Crippen molar-refractivity contribution in [3.05, 3.63) is 65.7 Å². The summed E-state index contributed by atoms with van der Waals surface area (Å²) >= 11 is 0. The van der Waals surface area contributed by atoms with Gasteiger partial charge in [0.2, 0.25) is 6.10 Å². The summed E-state index contributed by atoms with van der Waals surface area (Å²) in [5, 5.41) is 0. The number of esters is 1. The van der Waals surface area contributed by atoms with Crippen molar-refractivity contribution in [2.75, 3.05) is 19.6 Å². The van der Waals surface area contributed by atoms with E-state index in [1.165, 1.54) is 6.07 Å². The summed E-state index contributed by atoms with van der Waals surface area (Å²) in [4.78, 5) is 31.8. The van der Waals surface area contributed by atoms with Crippen molar-refractivity contribution in [3.8, 4) is 0 Å². The van der Waals surface area contributed by atoms with Crippen LogP contribution < -0.4 is 4.72 Å². The molecular formula is C23H25N3O5S. The standard InChI is InChI=1S/C23H25N3O5S/c27-20(13-14-24-22-18-11-5-6-12-19(18)32(29,30)25-22)31-21(17-9-3-1-4-10-17)23(28)26-15-7-2-8-16-26/h1,3-6,9-12,21H,2,7-8,13-16H2,(H,24,25). The minimum absolute atomic E-state index is 0.0322. The molecule has 2 aromatic rings. The van der Waals surface area contributed by atoms with E-state index in [1.807, 2.05) is 6.07 Å². The van der Waals surface area contributed by atoms with Crippen molar-refractivity contribution < 1.29 is 22.7 Å². The van der Waals surface area contributed by atoms with Crippen LogP contribution in [-0.2, 0) is 24.3 Å². The molecule has 2 heterocycles. The molecule has 2 aliphatic heterocycles. The van der Waals surface area contributed by atoms with Gasteiger partial charge in [0, 0.05) is 24.2 Å². The van der Waals surface area contributed by atoms with Crippen LogP contribution in [0.3, 0.4) is 0 Å². The molecule has 0 bridgehead atoms. The van der Waals surface area contributed by atoms with E-state index in [9.17, 15) is 18.0 Å². The monoisotopic (exact) mass is 455 g/mol. The van der Waals surface area contributed by atoms with Crippen LogP contribution in [0.15, 0.2) is 64.5 Å². The smallest absolute Gasteiger partial charge is 0.308 e. The number of amidine groups is 1. The number of carbonyl (C=O) groups is 2. The molecule has 0 aliphatic carbocycles. The zero-order chi connectivity index (χ0) is 22.6. The number of sulfonamides is 1. The first-order valence-corrected chi connectivity index (χ1v) is 12.1. The average Bonchev–Trinajstić information content (AvgIpc) is 3.08. The van der Waals surface area contributed by atoms with Gasteiger partial charge in [-0.05, 0) is 31.4 Å². The van der Waals surface area contributed by atoms with Crippen LogP contribution in [-0.4, -0.2) is 50.7 Å². The molecule has 168 valence electrons. The largest absolute Gasteiger partial charge is 0.447 e. The third-order valence-corrected chi connectivity index (χ3v) is 6.89. The fourth-order valence-electron chi connectivity index (χ4n) is 3.87. The van der Waals surface area contributed by atoms with Gasteiger partial charge in [0.15, 0.2) is 0 Å². The number of ether oxygens (including phenoxy) is 1. The van der Waals surface area contributed by atoms with E-state index in [4.69, 9.17) is 4.74 Å². The molecule has 1 atom stereocenters. The molecular weight excluding hydrogens is 430 g/mol. The van der Waals surface area contributed by atoms with Gasteiger partial charge in [-0.3, -0.25) is 19.3 Å². The highest BCUT2D eigenvalue weighted by Gasteiger charge is 2.31. The summed E-state index contributed by atoms with van der Waals surface area (Å²) in [6.45, 7) is 1.35. The number of hydrogen-bond donors (Lipinski definition) is 1. The Morgan fingerprint density at radius 3 is 2.44 bits per heavy atom. The first kappa shape index (κ1) is 22.0. The van der Waals surface area contributed by atoms with Gasteiger partial charge in [0.25, 0.3) is 15.9 Å². The van der Waals surface area contributed by atoms with Gasteiger partial charge < -0.3 is 9.64 Å². The second-order valence-electron chi connectivity index (χ2n) is 7.75. The number of nitrogens with one attached hydrogen (secondary N) is 1. The summed E-state index contributed by atoms with van der Waals surface area (Å²) in [5.41, 5.74) is 1.10. The lowest BCUT2D eigenvalue weighted by atomic mass is 10.1. The topological polar surface area (TPSA) is 105 Å². The summed E-state index contributed by atoms with van der Waals surface area (Å²) in [6, 6.07) is 15.5. The number of carbonyl (C=O) groups excluding carboxylic acids is 2. The van der Waals surface area contributed by atoms with Gasteiger partial charge in [-0.25, -0.2) is 8.42 Å². The maximum atomic E-state index is 13.1. The maximum Gasteiger partial charge on any atom is 0.308 e. The Morgan fingerprint density at radius 1 is 1.00 bits per heavy atom. The van der Waals surface area contributed by atoms with E-state index in [-0.39, 0.29) is 29.6 Å². The van der Waals surface area contributed by atoms with Crippen LogP contribution in [0.25, 0.3) is 0 Å². The molecule has 1 N–H and O–H groups in total.